The van der Waals surface area contributed by atoms with Crippen molar-refractivity contribution in [3.05, 3.63) is 24.3 Å². The fourth-order valence-corrected chi connectivity index (χ4v) is 1.90. The summed E-state index contributed by atoms with van der Waals surface area (Å²) in [6.45, 7) is 2.89. The Bertz CT molecular complexity index is 514. The summed E-state index contributed by atoms with van der Waals surface area (Å²) in [4.78, 5) is -0.151. The molecule has 0 fully saturated rings. The van der Waals surface area contributed by atoms with Crippen molar-refractivity contribution >= 4 is 33.1 Å². The zero-order valence-electron chi connectivity index (χ0n) is 10.5. The van der Waals surface area contributed by atoms with Crippen molar-refractivity contribution < 1.29 is 13.0 Å². The first kappa shape index (κ1) is 15.7. The van der Waals surface area contributed by atoms with Gasteiger partial charge >= 0.3 is 0 Å². The molecular formula is C11H17N3O3S2. The lowest BCUT2D eigenvalue weighted by Crippen LogP contribution is -2.39. The van der Waals surface area contributed by atoms with Gasteiger partial charge in [0.05, 0.1) is 10.6 Å². The second-order valence-corrected chi connectivity index (χ2v) is 5.69. The van der Waals surface area contributed by atoms with Gasteiger partial charge in [0.2, 0.25) is 0 Å². The summed E-state index contributed by atoms with van der Waals surface area (Å²) in [6.07, 6.45) is 2.12. The second kappa shape index (κ2) is 7.27. The molecule has 1 aromatic rings. The van der Waals surface area contributed by atoms with Gasteiger partial charge in [-0.15, -0.1) is 0 Å². The number of rotatable bonds is 6. The Hall–Kier alpha value is -1.38. The average molecular weight is 303 g/mol. The Morgan fingerprint density at radius 3 is 2.47 bits per heavy atom. The van der Waals surface area contributed by atoms with Crippen LogP contribution < -0.4 is 16.2 Å². The molecule has 8 heteroatoms. The maximum atomic E-state index is 10.8. The zero-order chi connectivity index (χ0) is 14.3. The molecule has 0 spiro atoms. The number of thiocarbonyl (C=S) groups is 1. The van der Waals surface area contributed by atoms with Crippen LogP contribution in [0.2, 0.25) is 0 Å². The topological polar surface area (TPSA) is 90.5 Å². The number of hydrogen-bond acceptors (Lipinski definition) is 4. The average Bonchev–Trinajstić information content (AvgIpc) is 2.36. The molecule has 0 unspecified atom stereocenters. The first-order chi connectivity index (χ1) is 8.93. The van der Waals surface area contributed by atoms with Crippen LogP contribution in [0.5, 0.6) is 0 Å². The molecule has 0 amide bonds. The summed E-state index contributed by atoms with van der Waals surface area (Å²) in [5.74, 6) is 0. The van der Waals surface area contributed by atoms with Gasteiger partial charge in [0.15, 0.2) is 5.11 Å². The molecule has 0 aromatic heterocycles. The van der Waals surface area contributed by atoms with Crippen LogP contribution in [-0.4, -0.2) is 24.6 Å². The van der Waals surface area contributed by atoms with Gasteiger partial charge in [0.25, 0.3) is 10.1 Å². The van der Waals surface area contributed by atoms with E-state index < -0.39 is 10.1 Å². The van der Waals surface area contributed by atoms with E-state index in [1.165, 1.54) is 24.3 Å². The van der Waals surface area contributed by atoms with Gasteiger partial charge in [0.1, 0.15) is 0 Å². The molecule has 0 bridgehead atoms. The Morgan fingerprint density at radius 2 is 1.95 bits per heavy atom. The van der Waals surface area contributed by atoms with Crippen LogP contribution >= 0.6 is 12.2 Å². The molecule has 0 atom stereocenters. The summed E-state index contributed by atoms with van der Waals surface area (Å²) in [5, 5.41) is 3.48. The molecule has 0 radical (unpaired) electrons. The van der Waals surface area contributed by atoms with Crippen molar-refractivity contribution in [1.29, 1.82) is 0 Å². The monoisotopic (exact) mass is 303 g/mol. The molecule has 19 heavy (non-hydrogen) atoms. The number of nitrogens with one attached hydrogen (secondary N) is 3. The van der Waals surface area contributed by atoms with Crippen molar-refractivity contribution in [2.45, 2.75) is 24.7 Å². The van der Waals surface area contributed by atoms with E-state index in [4.69, 9.17) is 16.8 Å². The van der Waals surface area contributed by atoms with Crippen LogP contribution in [0.4, 0.5) is 5.69 Å². The molecule has 0 heterocycles. The van der Waals surface area contributed by atoms with Gasteiger partial charge < -0.3 is 5.32 Å². The molecule has 0 saturated heterocycles. The summed E-state index contributed by atoms with van der Waals surface area (Å²) in [6, 6.07) is 5.63. The number of hydrogen-bond donors (Lipinski definition) is 4. The Balaban J connectivity index is 2.44. The molecule has 106 valence electrons. The minimum atomic E-state index is -4.15. The van der Waals surface area contributed by atoms with Crippen LogP contribution in [0.15, 0.2) is 29.2 Å². The molecule has 0 aliphatic carbocycles. The molecule has 0 aliphatic rings. The first-order valence-corrected chi connectivity index (χ1v) is 7.65. The van der Waals surface area contributed by atoms with Crippen molar-refractivity contribution in [3.8, 4) is 0 Å². The van der Waals surface area contributed by atoms with Crippen LogP contribution in [-0.2, 0) is 10.1 Å². The molecule has 4 N–H and O–H groups in total. The van der Waals surface area contributed by atoms with Gasteiger partial charge in [0, 0.05) is 6.54 Å². The quantitative estimate of drug-likeness (QED) is 0.274. The Morgan fingerprint density at radius 1 is 1.32 bits per heavy atom. The Labute approximate surface area is 118 Å². The lowest BCUT2D eigenvalue weighted by atomic mass is 10.3. The maximum Gasteiger partial charge on any atom is 0.294 e. The van der Waals surface area contributed by atoms with Gasteiger partial charge in [-0.1, -0.05) is 13.3 Å². The molecule has 1 rings (SSSR count). The van der Waals surface area contributed by atoms with Gasteiger partial charge in [-0.2, -0.15) is 8.42 Å². The Kier molecular flexibility index (Phi) is 6.00. The van der Waals surface area contributed by atoms with Gasteiger partial charge in [-0.25, -0.2) is 0 Å². The third-order valence-electron chi connectivity index (χ3n) is 2.29. The van der Waals surface area contributed by atoms with E-state index in [2.05, 4.69) is 23.1 Å². The minimum Gasteiger partial charge on any atom is -0.361 e. The molecule has 1 aromatic carbocycles. The minimum absolute atomic E-state index is 0.151. The van der Waals surface area contributed by atoms with Gasteiger partial charge in [-0.3, -0.25) is 15.4 Å². The number of benzene rings is 1. The molecular weight excluding hydrogens is 286 g/mol. The van der Waals surface area contributed by atoms with Crippen molar-refractivity contribution in [3.63, 3.8) is 0 Å². The highest BCUT2D eigenvalue weighted by atomic mass is 32.2. The van der Waals surface area contributed by atoms with E-state index in [1.807, 2.05) is 0 Å². The maximum absolute atomic E-state index is 10.8. The van der Waals surface area contributed by atoms with Crippen LogP contribution in [0.1, 0.15) is 19.8 Å². The fourth-order valence-electron chi connectivity index (χ4n) is 1.26. The molecule has 0 saturated carbocycles. The normalized spacial score (nSPS) is 10.8. The lowest BCUT2D eigenvalue weighted by Gasteiger charge is -2.12. The highest BCUT2D eigenvalue weighted by Crippen LogP contribution is 2.12. The first-order valence-electron chi connectivity index (χ1n) is 5.81. The van der Waals surface area contributed by atoms with Crippen LogP contribution in [0.3, 0.4) is 0 Å². The van der Waals surface area contributed by atoms with Crippen molar-refractivity contribution in [2.24, 2.45) is 0 Å². The highest BCUT2D eigenvalue weighted by Gasteiger charge is 2.08. The van der Waals surface area contributed by atoms with E-state index in [-0.39, 0.29) is 4.90 Å². The third kappa shape index (κ3) is 5.86. The lowest BCUT2D eigenvalue weighted by molar-refractivity contribution is 0.483. The van der Waals surface area contributed by atoms with Gasteiger partial charge in [-0.05, 0) is 42.9 Å². The molecule has 6 nitrogen and oxygen atoms in total. The highest BCUT2D eigenvalue weighted by molar-refractivity contribution is 7.85. The number of unbranched alkanes of at least 4 members (excludes halogenated alkanes) is 1. The van der Waals surface area contributed by atoms with E-state index in [0.717, 1.165) is 19.4 Å². The fraction of sp³-hybridized carbons (Fsp3) is 0.364. The van der Waals surface area contributed by atoms with Crippen LogP contribution in [0.25, 0.3) is 0 Å². The van der Waals surface area contributed by atoms with E-state index in [9.17, 15) is 8.42 Å². The summed E-state index contributed by atoms with van der Waals surface area (Å²) >= 11 is 5.03. The predicted octanol–water partition coefficient (Wildman–Crippen LogP) is 1.52. The largest absolute Gasteiger partial charge is 0.361 e. The number of hydrazine groups is 1. The number of anilines is 1. The van der Waals surface area contributed by atoms with E-state index in [0.29, 0.717) is 10.8 Å². The SMILES string of the molecule is CCCCNC(=S)NNc1ccc(S(=O)(=O)O)cc1. The zero-order valence-corrected chi connectivity index (χ0v) is 12.1. The smallest absolute Gasteiger partial charge is 0.294 e. The summed E-state index contributed by atoms with van der Waals surface area (Å²) < 4.78 is 30.5. The van der Waals surface area contributed by atoms with Crippen molar-refractivity contribution in [2.75, 3.05) is 12.0 Å². The van der Waals surface area contributed by atoms with Crippen molar-refractivity contribution in [1.82, 2.24) is 10.7 Å². The predicted molar refractivity (Wildman–Crippen MR) is 78.5 cm³/mol. The second-order valence-electron chi connectivity index (χ2n) is 3.86. The third-order valence-corrected chi connectivity index (χ3v) is 3.40. The van der Waals surface area contributed by atoms with E-state index in [1.54, 1.807) is 0 Å². The standard InChI is InChI=1S/C11H17N3O3S2/c1-2-3-8-12-11(18)14-13-9-4-6-10(7-5-9)19(15,16)17/h4-7,13H,2-3,8H2,1H3,(H2,12,14,18)(H,15,16,17). The van der Waals surface area contributed by atoms with E-state index >= 15 is 0 Å². The summed E-state index contributed by atoms with van der Waals surface area (Å²) in [7, 11) is -4.15. The molecule has 0 aliphatic heterocycles. The van der Waals surface area contributed by atoms with Crippen LogP contribution in [0, 0.1) is 0 Å². The summed E-state index contributed by atoms with van der Waals surface area (Å²) in [5.41, 5.74) is 6.23.